The third-order valence-electron chi connectivity index (χ3n) is 3.98. The number of benzene rings is 1. The first-order chi connectivity index (χ1) is 9.83. The van der Waals surface area contributed by atoms with Gasteiger partial charge in [-0.25, -0.2) is 0 Å². The van der Waals surface area contributed by atoms with E-state index >= 15 is 0 Å². The van der Waals surface area contributed by atoms with E-state index in [9.17, 15) is 0 Å². The minimum atomic E-state index is 0.423. The van der Waals surface area contributed by atoms with Crippen LogP contribution in [-0.2, 0) is 4.74 Å². The standard InChI is InChI=1S/C17H27NO2/c1-3-19-16-11-9-14(10-12-16)17(18-2)8-4-6-15-7-5-13-20-15/h9-12,15,17-18H,3-8,13H2,1-2H3. The molecule has 0 spiro atoms. The van der Waals surface area contributed by atoms with Crippen LogP contribution in [0.1, 0.15) is 50.6 Å². The number of ether oxygens (including phenoxy) is 2. The molecule has 0 aliphatic carbocycles. The maximum atomic E-state index is 5.68. The molecule has 1 saturated heterocycles. The molecule has 0 saturated carbocycles. The van der Waals surface area contributed by atoms with Gasteiger partial charge in [0.05, 0.1) is 12.7 Å². The Morgan fingerprint density at radius 1 is 1.35 bits per heavy atom. The van der Waals surface area contributed by atoms with Crippen molar-refractivity contribution in [3.8, 4) is 5.75 Å². The zero-order valence-corrected chi connectivity index (χ0v) is 12.7. The highest BCUT2D eigenvalue weighted by Gasteiger charge is 2.16. The van der Waals surface area contributed by atoms with E-state index in [0.717, 1.165) is 25.4 Å². The third kappa shape index (κ3) is 4.50. The van der Waals surface area contributed by atoms with Gasteiger partial charge in [-0.15, -0.1) is 0 Å². The molecule has 2 rings (SSSR count). The molecule has 1 aromatic carbocycles. The third-order valence-corrected chi connectivity index (χ3v) is 3.98. The summed E-state index contributed by atoms with van der Waals surface area (Å²) in [6.45, 7) is 3.69. The molecule has 0 amide bonds. The van der Waals surface area contributed by atoms with Crippen LogP contribution in [0.3, 0.4) is 0 Å². The van der Waals surface area contributed by atoms with E-state index in [2.05, 4.69) is 29.6 Å². The van der Waals surface area contributed by atoms with Gasteiger partial charge in [0.2, 0.25) is 0 Å². The highest BCUT2D eigenvalue weighted by atomic mass is 16.5. The van der Waals surface area contributed by atoms with Crippen molar-refractivity contribution in [1.82, 2.24) is 5.32 Å². The lowest BCUT2D eigenvalue weighted by Gasteiger charge is -2.18. The largest absolute Gasteiger partial charge is 0.494 e. The predicted molar refractivity (Wildman–Crippen MR) is 82.2 cm³/mol. The number of hydrogen-bond acceptors (Lipinski definition) is 3. The molecule has 1 aliphatic rings. The predicted octanol–water partition coefficient (Wildman–Crippen LogP) is 3.70. The van der Waals surface area contributed by atoms with Gasteiger partial charge in [0, 0.05) is 12.6 Å². The summed E-state index contributed by atoms with van der Waals surface area (Å²) < 4.78 is 11.2. The van der Waals surface area contributed by atoms with Crippen molar-refractivity contribution in [2.24, 2.45) is 0 Å². The molecule has 0 aromatic heterocycles. The molecule has 1 aromatic rings. The summed E-state index contributed by atoms with van der Waals surface area (Å²) in [6.07, 6.45) is 6.54. The Morgan fingerprint density at radius 3 is 2.75 bits per heavy atom. The molecular weight excluding hydrogens is 250 g/mol. The molecule has 0 bridgehead atoms. The number of hydrogen-bond donors (Lipinski definition) is 1. The second-order valence-electron chi connectivity index (χ2n) is 5.41. The van der Waals surface area contributed by atoms with Gasteiger partial charge in [-0.2, -0.15) is 0 Å². The van der Waals surface area contributed by atoms with Crippen LogP contribution in [0.5, 0.6) is 5.75 Å². The molecule has 1 fully saturated rings. The van der Waals surface area contributed by atoms with Crippen LogP contribution in [-0.4, -0.2) is 26.4 Å². The molecule has 20 heavy (non-hydrogen) atoms. The summed E-state index contributed by atoms with van der Waals surface area (Å²) in [6, 6.07) is 8.87. The molecule has 1 heterocycles. The summed E-state index contributed by atoms with van der Waals surface area (Å²) in [5, 5.41) is 3.41. The molecule has 3 nitrogen and oxygen atoms in total. The first kappa shape index (κ1) is 15.3. The number of rotatable bonds is 8. The van der Waals surface area contributed by atoms with Crippen molar-refractivity contribution < 1.29 is 9.47 Å². The molecule has 112 valence electrons. The quantitative estimate of drug-likeness (QED) is 0.786. The van der Waals surface area contributed by atoms with E-state index in [4.69, 9.17) is 9.47 Å². The molecule has 1 N–H and O–H groups in total. The smallest absolute Gasteiger partial charge is 0.119 e. The molecule has 2 atom stereocenters. The van der Waals surface area contributed by atoms with Crippen molar-refractivity contribution in [3.05, 3.63) is 29.8 Å². The maximum absolute atomic E-state index is 5.68. The summed E-state index contributed by atoms with van der Waals surface area (Å²) in [5.41, 5.74) is 1.34. The van der Waals surface area contributed by atoms with Crippen molar-refractivity contribution >= 4 is 0 Å². The molecule has 3 heteroatoms. The topological polar surface area (TPSA) is 30.5 Å². The van der Waals surface area contributed by atoms with E-state index in [1.807, 2.05) is 14.0 Å². The second-order valence-corrected chi connectivity index (χ2v) is 5.41. The Hall–Kier alpha value is -1.06. The van der Waals surface area contributed by atoms with Crippen molar-refractivity contribution in [2.45, 2.75) is 51.2 Å². The fraction of sp³-hybridized carbons (Fsp3) is 0.647. The Bertz CT molecular complexity index is 371. The maximum Gasteiger partial charge on any atom is 0.119 e. The van der Waals surface area contributed by atoms with E-state index in [1.165, 1.54) is 31.2 Å². The first-order valence-corrected chi connectivity index (χ1v) is 7.85. The van der Waals surface area contributed by atoms with E-state index in [1.54, 1.807) is 0 Å². The normalized spacial score (nSPS) is 20.0. The molecule has 0 radical (unpaired) electrons. The van der Waals surface area contributed by atoms with E-state index in [0.29, 0.717) is 12.1 Å². The Balaban J connectivity index is 1.80. The monoisotopic (exact) mass is 277 g/mol. The van der Waals surface area contributed by atoms with Crippen LogP contribution < -0.4 is 10.1 Å². The van der Waals surface area contributed by atoms with Gasteiger partial charge >= 0.3 is 0 Å². The summed E-state index contributed by atoms with van der Waals surface area (Å²) in [4.78, 5) is 0. The average molecular weight is 277 g/mol. The van der Waals surface area contributed by atoms with Crippen molar-refractivity contribution in [1.29, 1.82) is 0 Å². The van der Waals surface area contributed by atoms with E-state index < -0.39 is 0 Å². The Kier molecular flexibility index (Phi) is 6.34. The van der Waals surface area contributed by atoms with Gasteiger partial charge in [0.15, 0.2) is 0 Å². The molecule has 2 unspecified atom stereocenters. The van der Waals surface area contributed by atoms with Crippen molar-refractivity contribution in [2.75, 3.05) is 20.3 Å². The van der Waals surface area contributed by atoms with Crippen LogP contribution in [0.25, 0.3) is 0 Å². The summed E-state index contributed by atoms with van der Waals surface area (Å²) in [7, 11) is 2.03. The van der Waals surface area contributed by atoms with Crippen LogP contribution in [0.4, 0.5) is 0 Å². The zero-order valence-electron chi connectivity index (χ0n) is 12.7. The van der Waals surface area contributed by atoms with E-state index in [-0.39, 0.29) is 0 Å². The Labute approximate surface area is 122 Å². The van der Waals surface area contributed by atoms with Gasteiger partial charge in [-0.1, -0.05) is 12.1 Å². The highest BCUT2D eigenvalue weighted by molar-refractivity contribution is 5.29. The van der Waals surface area contributed by atoms with Gasteiger partial charge in [0.25, 0.3) is 0 Å². The fourth-order valence-corrected chi connectivity index (χ4v) is 2.86. The lowest BCUT2D eigenvalue weighted by atomic mass is 9.99. The van der Waals surface area contributed by atoms with Gasteiger partial charge in [0.1, 0.15) is 5.75 Å². The highest BCUT2D eigenvalue weighted by Crippen LogP contribution is 2.24. The number of nitrogens with one attached hydrogen (secondary N) is 1. The average Bonchev–Trinajstić information content (AvgIpc) is 2.98. The second kappa shape index (κ2) is 8.28. The van der Waals surface area contributed by atoms with Crippen LogP contribution in [0.15, 0.2) is 24.3 Å². The minimum Gasteiger partial charge on any atom is -0.494 e. The first-order valence-electron chi connectivity index (χ1n) is 7.85. The van der Waals surface area contributed by atoms with Gasteiger partial charge in [-0.3, -0.25) is 0 Å². The van der Waals surface area contributed by atoms with Crippen LogP contribution >= 0.6 is 0 Å². The molecular formula is C17H27NO2. The van der Waals surface area contributed by atoms with Crippen LogP contribution in [0.2, 0.25) is 0 Å². The van der Waals surface area contributed by atoms with Gasteiger partial charge < -0.3 is 14.8 Å². The SMILES string of the molecule is CCOc1ccc(C(CCCC2CCCO2)NC)cc1. The zero-order chi connectivity index (χ0) is 14.2. The lowest BCUT2D eigenvalue weighted by Crippen LogP contribution is -2.17. The summed E-state index contributed by atoms with van der Waals surface area (Å²) in [5.74, 6) is 0.949. The molecule has 1 aliphatic heterocycles. The fourth-order valence-electron chi connectivity index (χ4n) is 2.86. The van der Waals surface area contributed by atoms with Crippen molar-refractivity contribution in [3.63, 3.8) is 0 Å². The minimum absolute atomic E-state index is 0.423. The van der Waals surface area contributed by atoms with Gasteiger partial charge in [-0.05, 0) is 63.8 Å². The lowest BCUT2D eigenvalue weighted by molar-refractivity contribution is 0.101. The van der Waals surface area contributed by atoms with Crippen LogP contribution in [0, 0.1) is 0 Å². The Morgan fingerprint density at radius 2 is 2.15 bits per heavy atom. The summed E-state index contributed by atoms with van der Waals surface area (Å²) >= 11 is 0.